The zero-order valence-electron chi connectivity index (χ0n) is 9.96. The molecule has 0 radical (unpaired) electrons. The number of halogens is 3. The summed E-state index contributed by atoms with van der Waals surface area (Å²) in [6, 6.07) is 14.3. The van der Waals surface area contributed by atoms with Crippen LogP contribution in [-0.4, -0.2) is 0 Å². The van der Waals surface area contributed by atoms with Gasteiger partial charge in [-0.1, -0.05) is 79.9 Å². The average molecular weight is 389 g/mol. The van der Waals surface area contributed by atoms with Crippen LogP contribution in [0, 0.1) is 6.92 Å². The van der Waals surface area contributed by atoms with Gasteiger partial charge in [0, 0.05) is 14.3 Å². The van der Waals surface area contributed by atoms with E-state index in [9.17, 15) is 0 Å². The molecule has 0 aliphatic carbocycles. The van der Waals surface area contributed by atoms with Crippen LogP contribution in [0.15, 0.2) is 46.9 Å². The Kier molecular flexibility index (Phi) is 4.88. The third kappa shape index (κ3) is 3.17. The van der Waals surface area contributed by atoms with Gasteiger partial charge in [0.15, 0.2) is 0 Å². The molecule has 2 rings (SSSR count). The van der Waals surface area contributed by atoms with Gasteiger partial charge >= 0.3 is 0 Å². The maximum Gasteiger partial charge on any atom is 0.0447 e. The van der Waals surface area contributed by atoms with E-state index in [-0.39, 0.29) is 4.83 Å². The van der Waals surface area contributed by atoms with Crippen LogP contribution in [0.4, 0.5) is 0 Å². The molecular formula is C15H13Br2Cl. The van der Waals surface area contributed by atoms with Crippen molar-refractivity contribution in [2.45, 2.75) is 18.2 Å². The largest absolute Gasteiger partial charge is 0.0840 e. The van der Waals surface area contributed by atoms with Gasteiger partial charge in [0.05, 0.1) is 0 Å². The highest BCUT2D eigenvalue weighted by Gasteiger charge is 2.14. The first-order chi connectivity index (χ1) is 8.59. The van der Waals surface area contributed by atoms with Gasteiger partial charge in [0.2, 0.25) is 0 Å². The zero-order valence-corrected chi connectivity index (χ0v) is 13.9. The molecule has 0 heterocycles. The quantitative estimate of drug-likeness (QED) is 0.558. The van der Waals surface area contributed by atoms with Crippen molar-refractivity contribution in [3.63, 3.8) is 0 Å². The van der Waals surface area contributed by atoms with Gasteiger partial charge in [0.25, 0.3) is 0 Å². The second kappa shape index (κ2) is 6.23. The Hall–Kier alpha value is -0.310. The number of hydrogen-bond donors (Lipinski definition) is 0. The lowest BCUT2D eigenvalue weighted by atomic mass is 10.0. The number of hydrogen-bond acceptors (Lipinski definition) is 0. The minimum Gasteiger partial charge on any atom is -0.0840 e. The summed E-state index contributed by atoms with van der Waals surface area (Å²) in [6.07, 6.45) is 0.877. The summed E-state index contributed by atoms with van der Waals surface area (Å²) in [7, 11) is 0. The van der Waals surface area contributed by atoms with Crippen LogP contribution in [0.3, 0.4) is 0 Å². The van der Waals surface area contributed by atoms with Crippen LogP contribution in [0.1, 0.15) is 21.5 Å². The van der Waals surface area contributed by atoms with Crippen molar-refractivity contribution in [2.24, 2.45) is 0 Å². The smallest absolute Gasteiger partial charge is 0.0447 e. The summed E-state index contributed by atoms with van der Waals surface area (Å²) < 4.78 is 1.17. The molecule has 18 heavy (non-hydrogen) atoms. The molecule has 0 aliphatic rings. The van der Waals surface area contributed by atoms with Gasteiger partial charge in [-0.25, -0.2) is 0 Å². The summed E-state index contributed by atoms with van der Waals surface area (Å²) in [6.45, 7) is 2.10. The molecule has 0 spiro atoms. The lowest BCUT2D eigenvalue weighted by molar-refractivity contribution is 0.941. The molecule has 1 unspecified atom stereocenters. The molecule has 0 amide bonds. The fourth-order valence-electron chi connectivity index (χ4n) is 1.88. The Morgan fingerprint density at radius 1 is 1.11 bits per heavy atom. The van der Waals surface area contributed by atoms with E-state index in [0.717, 1.165) is 17.0 Å². The van der Waals surface area contributed by atoms with E-state index in [1.54, 1.807) is 0 Å². The topological polar surface area (TPSA) is 0 Å². The molecule has 0 saturated carbocycles. The lowest BCUT2D eigenvalue weighted by Gasteiger charge is -2.14. The predicted molar refractivity (Wildman–Crippen MR) is 85.7 cm³/mol. The van der Waals surface area contributed by atoms with Crippen molar-refractivity contribution in [2.75, 3.05) is 0 Å². The van der Waals surface area contributed by atoms with Crippen molar-refractivity contribution < 1.29 is 0 Å². The zero-order chi connectivity index (χ0) is 13.1. The van der Waals surface area contributed by atoms with Gasteiger partial charge in [-0.2, -0.15) is 0 Å². The summed E-state index contributed by atoms with van der Waals surface area (Å²) in [5.74, 6) is 0. The van der Waals surface area contributed by atoms with E-state index in [1.807, 2.05) is 18.2 Å². The fourth-order valence-corrected chi connectivity index (χ4v) is 3.67. The highest BCUT2D eigenvalue weighted by molar-refractivity contribution is 9.11. The molecule has 0 fully saturated rings. The number of aryl methyl sites for hydroxylation is 1. The summed E-state index contributed by atoms with van der Waals surface area (Å²) in [5.41, 5.74) is 3.67. The van der Waals surface area contributed by atoms with Crippen LogP contribution in [0.2, 0.25) is 5.02 Å². The molecule has 0 nitrogen and oxygen atoms in total. The lowest BCUT2D eigenvalue weighted by Crippen LogP contribution is -1.98. The molecule has 94 valence electrons. The number of benzene rings is 2. The molecule has 2 aromatic rings. The van der Waals surface area contributed by atoms with Crippen molar-refractivity contribution in [3.05, 3.63) is 68.7 Å². The van der Waals surface area contributed by atoms with Crippen LogP contribution >= 0.6 is 43.5 Å². The van der Waals surface area contributed by atoms with Gasteiger partial charge < -0.3 is 0 Å². The van der Waals surface area contributed by atoms with Gasteiger partial charge in [0.1, 0.15) is 0 Å². The Bertz CT molecular complexity index is 552. The highest BCUT2D eigenvalue weighted by atomic mass is 79.9. The summed E-state index contributed by atoms with van der Waals surface area (Å²) >= 11 is 13.6. The van der Waals surface area contributed by atoms with Crippen LogP contribution < -0.4 is 0 Å². The Morgan fingerprint density at radius 3 is 2.56 bits per heavy atom. The summed E-state index contributed by atoms with van der Waals surface area (Å²) in [4.78, 5) is 0.256. The fraction of sp³-hybridized carbons (Fsp3) is 0.200. The maximum atomic E-state index is 6.19. The minimum atomic E-state index is 0.256. The van der Waals surface area contributed by atoms with Crippen molar-refractivity contribution >= 4 is 43.5 Å². The molecule has 0 bridgehead atoms. The van der Waals surface area contributed by atoms with Crippen molar-refractivity contribution in [1.29, 1.82) is 0 Å². The first-order valence-corrected chi connectivity index (χ1v) is 7.80. The average Bonchev–Trinajstić information content (AvgIpc) is 2.35. The molecule has 0 N–H and O–H groups in total. The van der Waals surface area contributed by atoms with Gasteiger partial charge in [-0.15, -0.1) is 0 Å². The first-order valence-electron chi connectivity index (χ1n) is 5.72. The third-order valence-electron chi connectivity index (χ3n) is 2.92. The van der Waals surface area contributed by atoms with E-state index in [2.05, 4.69) is 63.0 Å². The second-order valence-corrected chi connectivity index (χ2v) is 6.55. The van der Waals surface area contributed by atoms with Crippen LogP contribution in [0.25, 0.3) is 0 Å². The molecule has 1 atom stereocenters. The molecule has 3 heteroatoms. The molecule has 0 saturated heterocycles. The molecule has 0 aliphatic heterocycles. The standard InChI is InChI=1S/C15H13Br2Cl/c1-10-5-4-7-12(15(10)17)13(16)9-11-6-2-3-8-14(11)18/h2-8,13H,9H2,1H3. The van der Waals surface area contributed by atoms with E-state index in [1.165, 1.54) is 15.6 Å². The number of rotatable bonds is 3. The number of alkyl halides is 1. The van der Waals surface area contributed by atoms with Crippen molar-refractivity contribution in [1.82, 2.24) is 0 Å². The molecule has 2 aromatic carbocycles. The Labute approximate surface area is 130 Å². The first kappa shape index (κ1) is 14.1. The van der Waals surface area contributed by atoms with Gasteiger partial charge in [-0.3, -0.25) is 0 Å². The highest BCUT2D eigenvalue weighted by Crippen LogP contribution is 2.35. The Morgan fingerprint density at radius 2 is 1.83 bits per heavy atom. The maximum absolute atomic E-state index is 6.19. The molecular weight excluding hydrogens is 375 g/mol. The normalized spacial score (nSPS) is 12.4. The van der Waals surface area contributed by atoms with Crippen molar-refractivity contribution in [3.8, 4) is 0 Å². The third-order valence-corrected chi connectivity index (χ3v) is 5.19. The van der Waals surface area contributed by atoms with E-state index in [0.29, 0.717) is 0 Å². The SMILES string of the molecule is Cc1cccc(C(Br)Cc2ccccc2Cl)c1Br. The monoisotopic (exact) mass is 386 g/mol. The van der Waals surface area contributed by atoms with Crippen LogP contribution in [-0.2, 0) is 6.42 Å². The van der Waals surface area contributed by atoms with Gasteiger partial charge in [-0.05, 0) is 36.1 Å². The molecule has 0 aromatic heterocycles. The minimum absolute atomic E-state index is 0.256. The second-order valence-electron chi connectivity index (χ2n) is 4.24. The summed E-state index contributed by atoms with van der Waals surface area (Å²) in [5, 5.41) is 0.825. The Balaban J connectivity index is 2.25. The van der Waals surface area contributed by atoms with Crippen LogP contribution in [0.5, 0.6) is 0 Å². The van der Waals surface area contributed by atoms with E-state index < -0.39 is 0 Å². The predicted octanol–water partition coefficient (Wildman–Crippen LogP) is 6.09. The van der Waals surface area contributed by atoms with E-state index >= 15 is 0 Å². The van der Waals surface area contributed by atoms with E-state index in [4.69, 9.17) is 11.6 Å².